The van der Waals surface area contributed by atoms with E-state index in [0.717, 1.165) is 5.56 Å². The maximum Gasteiger partial charge on any atom is 0.352 e. The number of carboxylic acids is 1. The average Bonchev–Trinajstić information content (AvgIpc) is 2.97. The van der Waals surface area contributed by atoms with E-state index in [9.17, 15) is 13.2 Å². The van der Waals surface area contributed by atoms with Crippen LogP contribution in [0.25, 0.3) is 11.0 Å². The zero-order valence-electron chi connectivity index (χ0n) is 14.6. The van der Waals surface area contributed by atoms with E-state index in [1.807, 2.05) is 0 Å². The number of carboxylic acid groups (broad SMARTS) is 1. The second-order valence-electron chi connectivity index (χ2n) is 7.00. The molecule has 136 valence electrons. The van der Waals surface area contributed by atoms with Crippen molar-refractivity contribution in [2.75, 3.05) is 4.72 Å². The van der Waals surface area contributed by atoms with Crippen LogP contribution in [0.3, 0.4) is 0 Å². The van der Waals surface area contributed by atoms with Crippen LogP contribution in [-0.4, -0.2) is 29.5 Å². The lowest BCUT2D eigenvalue weighted by Crippen LogP contribution is -2.15. The van der Waals surface area contributed by atoms with Gasteiger partial charge in [0.2, 0.25) is 0 Å². The summed E-state index contributed by atoms with van der Waals surface area (Å²) in [5.41, 5.74) is 1.83. The van der Waals surface area contributed by atoms with Gasteiger partial charge in [0.15, 0.2) is 0 Å². The van der Waals surface area contributed by atoms with Crippen molar-refractivity contribution in [1.29, 1.82) is 0 Å². The van der Waals surface area contributed by atoms with E-state index in [0.29, 0.717) is 11.0 Å². The van der Waals surface area contributed by atoms with Crippen molar-refractivity contribution in [3.8, 4) is 0 Å². The van der Waals surface area contributed by atoms with Crippen LogP contribution in [0.5, 0.6) is 0 Å². The summed E-state index contributed by atoms with van der Waals surface area (Å²) in [5, 5.41) is 9.00. The Labute approximate surface area is 151 Å². The van der Waals surface area contributed by atoms with Crippen LogP contribution >= 0.6 is 0 Å². The molecule has 0 saturated heterocycles. The van der Waals surface area contributed by atoms with Gasteiger partial charge in [-0.15, -0.1) is 0 Å². The Morgan fingerprint density at radius 2 is 1.77 bits per heavy atom. The molecule has 0 radical (unpaired) electrons. The number of nitrogens with one attached hydrogen (secondary N) is 2. The van der Waals surface area contributed by atoms with Gasteiger partial charge in [-0.25, -0.2) is 18.2 Å². The Hall–Kier alpha value is -2.87. The molecule has 7 nitrogen and oxygen atoms in total. The zero-order chi connectivity index (χ0) is 19.1. The molecule has 2 aromatic heterocycles. The Balaban J connectivity index is 1.89. The van der Waals surface area contributed by atoms with Crippen LogP contribution in [0.2, 0.25) is 0 Å². The molecule has 26 heavy (non-hydrogen) atoms. The number of aromatic carboxylic acids is 1. The van der Waals surface area contributed by atoms with Crippen molar-refractivity contribution in [3.05, 3.63) is 53.7 Å². The van der Waals surface area contributed by atoms with Gasteiger partial charge in [0.1, 0.15) is 11.5 Å². The van der Waals surface area contributed by atoms with E-state index < -0.39 is 16.0 Å². The van der Waals surface area contributed by atoms with E-state index in [1.54, 1.807) is 30.3 Å². The van der Waals surface area contributed by atoms with Crippen LogP contribution < -0.4 is 4.72 Å². The van der Waals surface area contributed by atoms with Crippen LogP contribution in [-0.2, 0) is 15.4 Å². The average molecular weight is 373 g/mol. The first-order valence-electron chi connectivity index (χ1n) is 7.93. The fourth-order valence-corrected chi connectivity index (χ4v) is 3.51. The van der Waals surface area contributed by atoms with Gasteiger partial charge >= 0.3 is 5.97 Å². The molecule has 0 spiro atoms. The van der Waals surface area contributed by atoms with Crippen LogP contribution in [0, 0.1) is 0 Å². The molecule has 0 atom stereocenters. The minimum absolute atomic E-state index is 0.00900. The molecule has 0 amide bonds. The van der Waals surface area contributed by atoms with Gasteiger partial charge in [0.25, 0.3) is 10.0 Å². The second kappa shape index (κ2) is 6.14. The molecule has 8 heteroatoms. The minimum Gasteiger partial charge on any atom is -0.477 e. The van der Waals surface area contributed by atoms with Crippen LogP contribution in [0.1, 0.15) is 36.8 Å². The van der Waals surface area contributed by atoms with E-state index in [4.69, 9.17) is 5.11 Å². The normalized spacial score (nSPS) is 12.3. The fourth-order valence-electron chi connectivity index (χ4n) is 2.51. The van der Waals surface area contributed by atoms with E-state index in [2.05, 4.69) is 35.5 Å². The molecule has 1 aromatic carbocycles. The molecule has 3 N–H and O–H groups in total. The number of fused-ring (bicyclic) bond motifs is 1. The predicted molar refractivity (Wildman–Crippen MR) is 99.0 cm³/mol. The first kappa shape index (κ1) is 17.9. The highest BCUT2D eigenvalue weighted by molar-refractivity contribution is 7.92. The Morgan fingerprint density at radius 3 is 2.35 bits per heavy atom. The molecule has 3 aromatic rings. The summed E-state index contributed by atoms with van der Waals surface area (Å²) in [6, 6.07) is 11.1. The number of hydrogen-bond donors (Lipinski definition) is 3. The molecule has 0 bridgehead atoms. The number of aromatic amines is 1. The summed E-state index contributed by atoms with van der Waals surface area (Å²) in [5.74, 6) is -0.989. The number of hydrogen-bond acceptors (Lipinski definition) is 4. The van der Waals surface area contributed by atoms with E-state index >= 15 is 0 Å². The van der Waals surface area contributed by atoms with Gasteiger partial charge in [-0.2, -0.15) is 0 Å². The second-order valence-corrected chi connectivity index (χ2v) is 8.68. The number of carbonyl (C=O) groups is 1. The third-order valence-corrected chi connectivity index (χ3v) is 5.35. The molecule has 0 aliphatic carbocycles. The molecular weight excluding hydrogens is 354 g/mol. The Morgan fingerprint density at radius 1 is 1.12 bits per heavy atom. The SMILES string of the molecule is CC(C)(C)c1ccc(S(=O)(=O)Nc2ccc3[nH]c(C(=O)O)cc3n2)cc1. The third kappa shape index (κ3) is 3.55. The summed E-state index contributed by atoms with van der Waals surface area (Å²) in [6.07, 6.45) is 0. The third-order valence-electron chi connectivity index (χ3n) is 3.98. The topological polar surface area (TPSA) is 112 Å². The van der Waals surface area contributed by atoms with Crippen LogP contribution in [0.15, 0.2) is 47.4 Å². The number of nitrogens with zero attached hydrogens (tertiary/aromatic N) is 1. The smallest absolute Gasteiger partial charge is 0.352 e. The standard InChI is InChI=1S/C18H19N3O4S/c1-18(2,3)11-4-6-12(7-5-11)26(24,25)21-16-9-8-13-14(20-16)10-15(19-13)17(22)23/h4-10,19H,1-3H3,(H,20,21)(H,22,23). The molecule has 0 unspecified atom stereocenters. The highest BCUT2D eigenvalue weighted by Crippen LogP contribution is 2.24. The number of benzene rings is 1. The molecule has 0 aliphatic heterocycles. The molecular formula is C18H19N3O4S. The number of sulfonamides is 1. The van der Waals surface area contributed by atoms with Crippen molar-refractivity contribution in [1.82, 2.24) is 9.97 Å². The molecule has 0 aliphatic rings. The first-order valence-corrected chi connectivity index (χ1v) is 9.41. The Bertz CT molecular complexity index is 1080. The number of anilines is 1. The lowest BCUT2D eigenvalue weighted by Gasteiger charge is -2.19. The maximum absolute atomic E-state index is 12.6. The quantitative estimate of drug-likeness (QED) is 0.649. The van der Waals surface area contributed by atoms with Gasteiger partial charge in [-0.1, -0.05) is 32.9 Å². The lowest BCUT2D eigenvalue weighted by atomic mass is 9.87. The maximum atomic E-state index is 12.6. The van der Waals surface area contributed by atoms with E-state index in [-0.39, 0.29) is 21.8 Å². The van der Waals surface area contributed by atoms with Crippen molar-refractivity contribution >= 4 is 32.8 Å². The number of rotatable bonds is 4. The summed E-state index contributed by atoms with van der Waals surface area (Å²) >= 11 is 0. The highest BCUT2D eigenvalue weighted by Gasteiger charge is 2.18. The lowest BCUT2D eigenvalue weighted by molar-refractivity contribution is 0.0691. The van der Waals surface area contributed by atoms with Crippen LogP contribution in [0.4, 0.5) is 5.82 Å². The van der Waals surface area contributed by atoms with E-state index in [1.165, 1.54) is 12.1 Å². The summed E-state index contributed by atoms with van der Waals surface area (Å²) < 4.78 is 27.5. The fraction of sp³-hybridized carbons (Fsp3) is 0.222. The van der Waals surface area contributed by atoms with Crippen molar-refractivity contribution in [2.45, 2.75) is 31.1 Å². The van der Waals surface area contributed by atoms with Crippen molar-refractivity contribution in [2.24, 2.45) is 0 Å². The predicted octanol–water partition coefficient (Wildman–Crippen LogP) is 3.36. The number of pyridine rings is 1. The molecule has 3 rings (SSSR count). The van der Waals surface area contributed by atoms with Gasteiger partial charge in [0.05, 0.1) is 15.9 Å². The number of aromatic nitrogens is 2. The molecule has 0 fully saturated rings. The largest absolute Gasteiger partial charge is 0.477 e. The number of H-pyrrole nitrogens is 1. The van der Waals surface area contributed by atoms with Crippen molar-refractivity contribution < 1.29 is 18.3 Å². The van der Waals surface area contributed by atoms with Gasteiger partial charge < -0.3 is 10.1 Å². The first-order chi connectivity index (χ1) is 12.1. The summed E-state index contributed by atoms with van der Waals surface area (Å²) in [6.45, 7) is 6.16. The van der Waals surface area contributed by atoms with Gasteiger partial charge in [0, 0.05) is 0 Å². The monoisotopic (exact) mass is 373 g/mol. The molecule has 2 heterocycles. The van der Waals surface area contributed by atoms with Gasteiger partial charge in [-0.05, 0) is 41.3 Å². The van der Waals surface area contributed by atoms with Gasteiger partial charge in [-0.3, -0.25) is 4.72 Å². The Kier molecular flexibility index (Phi) is 4.23. The highest BCUT2D eigenvalue weighted by atomic mass is 32.2. The van der Waals surface area contributed by atoms with Crippen molar-refractivity contribution in [3.63, 3.8) is 0 Å². The molecule has 0 saturated carbocycles. The zero-order valence-corrected chi connectivity index (χ0v) is 15.4. The minimum atomic E-state index is -3.79. The summed E-state index contributed by atoms with van der Waals surface area (Å²) in [4.78, 5) is 18.0. The summed E-state index contributed by atoms with van der Waals surface area (Å²) in [7, 11) is -3.79.